The number of anilines is 1. The Labute approximate surface area is 93.3 Å². The van der Waals surface area contributed by atoms with E-state index >= 15 is 0 Å². The van der Waals surface area contributed by atoms with Gasteiger partial charge in [0, 0.05) is 18.9 Å². The average Bonchev–Trinajstić information content (AvgIpc) is 2.73. The first-order valence-electron chi connectivity index (χ1n) is 4.87. The number of benzene rings is 1. The molecular weight excluding hydrogens is 202 g/mol. The number of hydrogen-bond acceptors (Lipinski definition) is 4. The largest absolute Gasteiger partial charge is 0.379 e. The van der Waals surface area contributed by atoms with Gasteiger partial charge in [-0.15, -0.1) is 5.10 Å². The summed E-state index contributed by atoms with van der Waals surface area (Å²) in [5, 5.41) is 19.7. The zero-order valence-electron chi connectivity index (χ0n) is 8.88. The zero-order chi connectivity index (χ0) is 11.4. The molecule has 1 N–H and O–H groups in total. The summed E-state index contributed by atoms with van der Waals surface area (Å²) >= 11 is 0. The molecule has 0 fully saturated rings. The minimum Gasteiger partial charge on any atom is -0.379 e. The average molecular weight is 213 g/mol. The van der Waals surface area contributed by atoms with Crippen LogP contribution in [0, 0.1) is 11.3 Å². The number of aromatic nitrogens is 3. The summed E-state index contributed by atoms with van der Waals surface area (Å²) < 4.78 is 1.66. The topological polar surface area (TPSA) is 66.5 Å². The normalized spacial score (nSPS) is 9.75. The summed E-state index contributed by atoms with van der Waals surface area (Å²) in [4.78, 5) is 0. The van der Waals surface area contributed by atoms with Gasteiger partial charge in [-0.25, -0.2) is 0 Å². The van der Waals surface area contributed by atoms with Crippen molar-refractivity contribution < 1.29 is 0 Å². The molecule has 0 atom stereocenters. The molecule has 0 saturated heterocycles. The van der Waals surface area contributed by atoms with E-state index in [4.69, 9.17) is 5.26 Å². The highest BCUT2D eigenvalue weighted by Gasteiger charge is 1.98. The van der Waals surface area contributed by atoms with E-state index in [2.05, 4.69) is 21.7 Å². The Morgan fingerprint density at radius 1 is 1.38 bits per heavy atom. The van der Waals surface area contributed by atoms with Gasteiger partial charge in [-0.2, -0.15) is 5.26 Å². The Kier molecular flexibility index (Phi) is 2.83. The van der Waals surface area contributed by atoms with Crippen LogP contribution in [0.3, 0.4) is 0 Å². The Morgan fingerprint density at radius 3 is 2.69 bits per heavy atom. The molecule has 1 heterocycles. The lowest BCUT2D eigenvalue weighted by Gasteiger charge is -2.03. The van der Waals surface area contributed by atoms with Crippen molar-refractivity contribution in [3.8, 4) is 6.07 Å². The van der Waals surface area contributed by atoms with Crippen LogP contribution in [-0.4, -0.2) is 15.0 Å². The lowest BCUT2D eigenvalue weighted by atomic mass is 10.2. The lowest BCUT2D eigenvalue weighted by molar-refractivity contribution is 0.713. The maximum Gasteiger partial charge on any atom is 0.102 e. The third-order valence-corrected chi connectivity index (χ3v) is 2.14. The summed E-state index contributed by atoms with van der Waals surface area (Å²) in [5.74, 6) is 0. The molecule has 0 aliphatic heterocycles. The summed E-state index contributed by atoms with van der Waals surface area (Å²) in [6.45, 7) is 0.625. The van der Waals surface area contributed by atoms with Crippen molar-refractivity contribution in [2.24, 2.45) is 7.05 Å². The molecule has 2 aromatic rings. The van der Waals surface area contributed by atoms with Gasteiger partial charge in [0.2, 0.25) is 0 Å². The van der Waals surface area contributed by atoms with Gasteiger partial charge in [-0.3, -0.25) is 4.68 Å². The van der Waals surface area contributed by atoms with Crippen LogP contribution in [0.15, 0.2) is 30.5 Å². The fourth-order valence-electron chi connectivity index (χ4n) is 1.33. The second kappa shape index (κ2) is 4.45. The van der Waals surface area contributed by atoms with Crippen molar-refractivity contribution in [1.82, 2.24) is 15.0 Å². The Hall–Kier alpha value is -2.35. The van der Waals surface area contributed by atoms with Crippen LogP contribution in [0.2, 0.25) is 0 Å². The number of nitrogens with zero attached hydrogens (tertiary/aromatic N) is 4. The van der Waals surface area contributed by atoms with Crippen molar-refractivity contribution in [2.75, 3.05) is 5.32 Å². The van der Waals surface area contributed by atoms with E-state index < -0.39 is 0 Å². The molecule has 1 aromatic heterocycles. The highest BCUT2D eigenvalue weighted by atomic mass is 15.4. The lowest BCUT2D eigenvalue weighted by Crippen LogP contribution is -1.99. The van der Waals surface area contributed by atoms with E-state index in [9.17, 15) is 0 Å². The van der Waals surface area contributed by atoms with E-state index in [1.165, 1.54) is 0 Å². The fraction of sp³-hybridized carbons (Fsp3) is 0.182. The number of nitriles is 1. The molecule has 1 aromatic carbocycles. The monoisotopic (exact) mass is 213 g/mol. The Balaban J connectivity index is 1.97. The number of rotatable bonds is 3. The molecule has 5 nitrogen and oxygen atoms in total. The molecule has 0 unspecified atom stereocenters. The molecule has 0 aliphatic rings. The molecule has 16 heavy (non-hydrogen) atoms. The zero-order valence-corrected chi connectivity index (χ0v) is 8.88. The molecule has 0 radical (unpaired) electrons. The molecule has 2 rings (SSSR count). The van der Waals surface area contributed by atoms with Crippen LogP contribution in [-0.2, 0) is 13.6 Å². The van der Waals surface area contributed by atoms with E-state index in [0.29, 0.717) is 12.1 Å². The van der Waals surface area contributed by atoms with Crippen molar-refractivity contribution >= 4 is 5.69 Å². The third-order valence-electron chi connectivity index (χ3n) is 2.14. The van der Waals surface area contributed by atoms with Crippen LogP contribution in [0.4, 0.5) is 5.69 Å². The number of nitrogens with one attached hydrogen (secondary N) is 1. The van der Waals surface area contributed by atoms with Crippen LogP contribution in [0.5, 0.6) is 0 Å². The quantitative estimate of drug-likeness (QED) is 0.834. The maximum absolute atomic E-state index is 8.65. The van der Waals surface area contributed by atoms with E-state index in [-0.39, 0.29) is 0 Å². The highest BCUT2D eigenvalue weighted by molar-refractivity contribution is 5.47. The van der Waals surface area contributed by atoms with Crippen molar-refractivity contribution in [2.45, 2.75) is 6.54 Å². The first kappa shape index (κ1) is 10.2. The SMILES string of the molecule is Cn1cc(CNc2ccc(C#N)cc2)nn1. The summed E-state index contributed by atoms with van der Waals surface area (Å²) in [6.07, 6.45) is 1.86. The van der Waals surface area contributed by atoms with E-state index in [1.54, 1.807) is 16.8 Å². The van der Waals surface area contributed by atoms with Gasteiger partial charge in [0.05, 0.1) is 18.2 Å². The summed E-state index contributed by atoms with van der Waals surface area (Å²) in [5.41, 5.74) is 2.50. The van der Waals surface area contributed by atoms with Gasteiger partial charge < -0.3 is 5.32 Å². The van der Waals surface area contributed by atoms with Crippen LogP contribution in [0.1, 0.15) is 11.3 Å². The molecule has 0 bridgehead atoms. The van der Waals surface area contributed by atoms with E-state index in [1.807, 2.05) is 25.4 Å². The summed E-state index contributed by atoms with van der Waals surface area (Å²) in [6, 6.07) is 9.37. The molecule has 0 spiro atoms. The standard InChI is InChI=1S/C11H11N5/c1-16-8-11(14-15-16)7-13-10-4-2-9(6-12)3-5-10/h2-5,8,13H,7H2,1H3. The molecule has 5 heteroatoms. The van der Waals surface area contributed by atoms with Crippen LogP contribution in [0.25, 0.3) is 0 Å². The van der Waals surface area contributed by atoms with Crippen molar-refractivity contribution in [3.63, 3.8) is 0 Å². The van der Waals surface area contributed by atoms with Gasteiger partial charge in [0.25, 0.3) is 0 Å². The minimum atomic E-state index is 0.625. The first-order valence-corrected chi connectivity index (χ1v) is 4.87. The van der Waals surface area contributed by atoms with Gasteiger partial charge in [-0.05, 0) is 24.3 Å². The number of hydrogen-bond donors (Lipinski definition) is 1. The third kappa shape index (κ3) is 2.36. The molecule has 0 amide bonds. The molecular formula is C11H11N5. The second-order valence-corrected chi connectivity index (χ2v) is 3.43. The predicted octanol–water partition coefficient (Wildman–Crippen LogP) is 1.30. The Bertz CT molecular complexity index is 506. The highest BCUT2D eigenvalue weighted by Crippen LogP contribution is 2.09. The van der Waals surface area contributed by atoms with Crippen molar-refractivity contribution in [3.05, 3.63) is 41.7 Å². The first-order chi connectivity index (χ1) is 7.78. The fourth-order valence-corrected chi connectivity index (χ4v) is 1.33. The second-order valence-electron chi connectivity index (χ2n) is 3.43. The molecule has 80 valence electrons. The van der Waals surface area contributed by atoms with Gasteiger partial charge in [-0.1, -0.05) is 5.21 Å². The smallest absolute Gasteiger partial charge is 0.102 e. The molecule has 0 saturated carbocycles. The van der Waals surface area contributed by atoms with Crippen molar-refractivity contribution in [1.29, 1.82) is 5.26 Å². The van der Waals surface area contributed by atoms with E-state index in [0.717, 1.165) is 11.4 Å². The maximum atomic E-state index is 8.65. The molecule has 0 aliphatic carbocycles. The van der Waals surface area contributed by atoms with Gasteiger partial charge in [0.15, 0.2) is 0 Å². The predicted molar refractivity (Wildman–Crippen MR) is 59.5 cm³/mol. The number of aryl methyl sites for hydroxylation is 1. The summed E-state index contributed by atoms with van der Waals surface area (Å²) in [7, 11) is 1.83. The van der Waals surface area contributed by atoms with Gasteiger partial charge >= 0.3 is 0 Å². The van der Waals surface area contributed by atoms with Gasteiger partial charge in [0.1, 0.15) is 5.69 Å². The van der Waals surface area contributed by atoms with Crippen LogP contribution >= 0.6 is 0 Å². The Morgan fingerprint density at radius 2 is 2.12 bits per heavy atom. The minimum absolute atomic E-state index is 0.625. The van der Waals surface area contributed by atoms with Crippen LogP contribution < -0.4 is 5.32 Å².